The summed E-state index contributed by atoms with van der Waals surface area (Å²) in [5, 5.41) is 8.20. The van der Waals surface area contributed by atoms with Crippen LogP contribution >= 0.6 is 0 Å². The molecule has 1 aliphatic carbocycles. The summed E-state index contributed by atoms with van der Waals surface area (Å²) in [6, 6.07) is 8.81. The normalized spacial score (nSPS) is 20.4. The molecule has 3 nitrogen and oxygen atoms in total. The van der Waals surface area contributed by atoms with Crippen LogP contribution in [-0.4, -0.2) is 10.2 Å². The van der Waals surface area contributed by atoms with Gasteiger partial charge in [0.2, 0.25) is 11.8 Å². The number of aryl methyl sites for hydroxylation is 1. The van der Waals surface area contributed by atoms with E-state index in [1.807, 2.05) is 6.92 Å². The van der Waals surface area contributed by atoms with Gasteiger partial charge in [0.1, 0.15) is 0 Å². The Labute approximate surface area is 158 Å². The minimum atomic E-state index is 0.639. The van der Waals surface area contributed by atoms with Gasteiger partial charge in [-0.15, -0.1) is 10.2 Å². The third-order valence-corrected chi connectivity index (χ3v) is 5.96. The van der Waals surface area contributed by atoms with Crippen molar-refractivity contribution in [2.75, 3.05) is 0 Å². The molecule has 0 radical (unpaired) electrons. The highest BCUT2D eigenvalue weighted by atomic mass is 16.4. The summed E-state index contributed by atoms with van der Waals surface area (Å²) < 4.78 is 5.66. The zero-order valence-corrected chi connectivity index (χ0v) is 16.5. The molecule has 0 spiro atoms. The molecule has 1 saturated carbocycles. The van der Waals surface area contributed by atoms with Crippen molar-refractivity contribution in [2.24, 2.45) is 5.92 Å². The van der Waals surface area contributed by atoms with Crippen molar-refractivity contribution < 1.29 is 4.42 Å². The third-order valence-electron chi connectivity index (χ3n) is 5.96. The van der Waals surface area contributed by atoms with E-state index in [9.17, 15) is 0 Å². The Morgan fingerprint density at radius 1 is 0.885 bits per heavy atom. The smallest absolute Gasteiger partial charge is 0.247 e. The first-order chi connectivity index (χ1) is 12.8. The second-order valence-corrected chi connectivity index (χ2v) is 7.90. The van der Waals surface area contributed by atoms with Crippen LogP contribution in [-0.2, 0) is 6.42 Å². The summed E-state index contributed by atoms with van der Waals surface area (Å²) in [6.45, 7) is 4.32. The summed E-state index contributed by atoms with van der Waals surface area (Å²) in [7, 11) is 0. The highest BCUT2D eigenvalue weighted by Crippen LogP contribution is 2.38. The van der Waals surface area contributed by atoms with Crippen molar-refractivity contribution in [3.63, 3.8) is 0 Å². The van der Waals surface area contributed by atoms with Gasteiger partial charge in [-0.05, 0) is 55.2 Å². The quantitative estimate of drug-likeness (QED) is 0.458. The molecule has 3 rings (SSSR count). The van der Waals surface area contributed by atoms with Crippen LogP contribution < -0.4 is 0 Å². The van der Waals surface area contributed by atoms with Gasteiger partial charge < -0.3 is 4.42 Å². The highest BCUT2D eigenvalue weighted by molar-refractivity contribution is 5.53. The number of hydrogen-bond acceptors (Lipinski definition) is 3. The maximum absolute atomic E-state index is 5.66. The van der Waals surface area contributed by atoms with Crippen molar-refractivity contribution in [1.82, 2.24) is 10.2 Å². The first-order valence-corrected chi connectivity index (χ1v) is 10.7. The van der Waals surface area contributed by atoms with Gasteiger partial charge in [0.25, 0.3) is 0 Å². The Kier molecular flexibility index (Phi) is 7.28. The summed E-state index contributed by atoms with van der Waals surface area (Å²) in [5.41, 5.74) is 2.51. The van der Waals surface area contributed by atoms with Gasteiger partial charge in [0.05, 0.1) is 0 Å². The van der Waals surface area contributed by atoms with Crippen molar-refractivity contribution in [3.8, 4) is 11.5 Å². The third kappa shape index (κ3) is 5.18. The SMILES string of the molecule is CCCCCCCC1CCC(c2ccc(-c3nnc(CC)o3)cc2)CC1. The number of rotatable bonds is 9. The fourth-order valence-corrected chi connectivity index (χ4v) is 4.23. The van der Waals surface area contributed by atoms with E-state index < -0.39 is 0 Å². The Hall–Kier alpha value is -1.64. The van der Waals surface area contributed by atoms with Crippen LogP contribution in [0.3, 0.4) is 0 Å². The summed E-state index contributed by atoms with van der Waals surface area (Å²) in [6.07, 6.45) is 14.8. The molecule has 2 aromatic rings. The topological polar surface area (TPSA) is 38.9 Å². The second kappa shape index (κ2) is 9.89. The molecule has 26 heavy (non-hydrogen) atoms. The number of aromatic nitrogens is 2. The highest BCUT2D eigenvalue weighted by Gasteiger charge is 2.22. The lowest BCUT2D eigenvalue weighted by molar-refractivity contribution is 0.302. The first-order valence-electron chi connectivity index (χ1n) is 10.7. The van der Waals surface area contributed by atoms with Gasteiger partial charge in [-0.25, -0.2) is 0 Å². The van der Waals surface area contributed by atoms with Gasteiger partial charge in [-0.3, -0.25) is 0 Å². The first kappa shape index (κ1) is 19.1. The molecule has 142 valence electrons. The van der Waals surface area contributed by atoms with Crippen molar-refractivity contribution >= 4 is 0 Å². The van der Waals surface area contributed by atoms with E-state index in [1.165, 1.54) is 69.8 Å². The lowest BCUT2D eigenvalue weighted by Crippen LogP contribution is -2.13. The number of benzene rings is 1. The van der Waals surface area contributed by atoms with Crippen LogP contribution in [0.4, 0.5) is 0 Å². The van der Waals surface area contributed by atoms with Gasteiger partial charge >= 0.3 is 0 Å². The number of unbranched alkanes of at least 4 members (excludes halogenated alkanes) is 4. The summed E-state index contributed by atoms with van der Waals surface area (Å²) in [5.74, 6) is 3.05. The zero-order chi connectivity index (χ0) is 18.2. The molecular formula is C23H34N2O. The van der Waals surface area contributed by atoms with Crippen molar-refractivity contribution in [3.05, 3.63) is 35.7 Å². The largest absolute Gasteiger partial charge is 0.421 e. The van der Waals surface area contributed by atoms with Crippen LogP contribution in [0.25, 0.3) is 11.5 Å². The van der Waals surface area contributed by atoms with E-state index in [4.69, 9.17) is 4.42 Å². The maximum Gasteiger partial charge on any atom is 0.247 e. The van der Waals surface area contributed by atoms with E-state index in [-0.39, 0.29) is 0 Å². The van der Waals surface area contributed by atoms with Gasteiger partial charge in [0, 0.05) is 12.0 Å². The Bertz CT molecular complexity index is 638. The molecule has 0 bridgehead atoms. The van der Waals surface area contributed by atoms with E-state index in [0.29, 0.717) is 11.8 Å². The van der Waals surface area contributed by atoms with Crippen LogP contribution in [0.15, 0.2) is 28.7 Å². The molecule has 0 amide bonds. The summed E-state index contributed by atoms with van der Waals surface area (Å²) in [4.78, 5) is 0. The van der Waals surface area contributed by atoms with Gasteiger partial charge in [0.15, 0.2) is 0 Å². The fourth-order valence-electron chi connectivity index (χ4n) is 4.23. The average Bonchev–Trinajstić information content (AvgIpc) is 3.18. The molecule has 0 atom stereocenters. The fraction of sp³-hybridized carbons (Fsp3) is 0.652. The van der Waals surface area contributed by atoms with Crippen molar-refractivity contribution in [1.29, 1.82) is 0 Å². The molecular weight excluding hydrogens is 320 g/mol. The maximum atomic E-state index is 5.66. The molecule has 3 heteroatoms. The lowest BCUT2D eigenvalue weighted by atomic mass is 9.77. The monoisotopic (exact) mass is 354 g/mol. The van der Waals surface area contributed by atoms with Crippen LogP contribution in [0.5, 0.6) is 0 Å². The molecule has 0 saturated heterocycles. The minimum Gasteiger partial charge on any atom is -0.421 e. The van der Waals surface area contributed by atoms with E-state index in [0.717, 1.165) is 23.8 Å². The predicted molar refractivity (Wildman–Crippen MR) is 107 cm³/mol. The number of hydrogen-bond donors (Lipinski definition) is 0. The molecule has 1 fully saturated rings. The lowest BCUT2D eigenvalue weighted by Gasteiger charge is -2.29. The van der Waals surface area contributed by atoms with Crippen LogP contribution in [0.2, 0.25) is 0 Å². The molecule has 0 aliphatic heterocycles. The Morgan fingerprint density at radius 2 is 1.62 bits per heavy atom. The predicted octanol–water partition coefficient (Wildman–Crippen LogP) is 6.93. The molecule has 1 heterocycles. The molecule has 1 aromatic carbocycles. The Morgan fingerprint density at radius 3 is 2.27 bits per heavy atom. The van der Waals surface area contributed by atoms with E-state index in [2.05, 4.69) is 41.4 Å². The minimum absolute atomic E-state index is 0.639. The zero-order valence-electron chi connectivity index (χ0n) is 16.5. The molecule has 0 unspecified atom stereocenters. The van der Waals surface area contributed by atoms with E-state index >= 15 is 0 Å². The molecule has 0 N–H and O–H groups in total. The van der Waals surface area contributed by atoms with Crippen LogP contribution in [0.1, 0.15) is 95.4 Å². The summed E-state index contributed by atoms with van der Waals surface area (Å²) >= 11 is 0. The standard InChI is InChI=1S/C23H34N2O/c1-3-5-6-7-8-9-18-10-12-19(13-11-18)20-14-16-21(17-15-20)23-25-24-22(4-2)26-23/h14-19H,3-13H2,1-2H3. The molecule has 1 aromatic heterocycles. The van der Waals surface area contributed by atoms with E-state index in [1.54, 1.807) is 0 Å². The van der Waals surface area contributed by atoms with Gasteiger partial charge in [-0.1, -0.05) is 64.5 Å². The van der Waals surface area contributed by atoms with Crippen molar-refractivity contribution in [2.45, 2.75) is 90.4 Å². The second-order valence-electron chi connectivity index (χ2n) is 7.90. The average molecular weight is 355 g/mol. The van der Waals surface area contributed by atoms with Crippen LogP contribution in [0, 0.1) is 5.92 Å². The number of nitrogens with zero attached hydrogens (tertiary/aromatic N) is 2. The molecule has 1 aliphatic rings. The Balaban J connectivity index is 1.45. The van der Waals surface area contributed by atoms with Gasteiger partial charge in [-0.2, -0.15) is 0 Å².